The highest BCUT2D eigenvalue weighted by molar-refractivity contribution is 7.92. The van der Waals surface area contributed by atoms with Gasteiger partial charge in [0, 0.05) is 57.8 Å². The number of sulfonamides is 1. The van der Waals surface area contributed by atoms with Gasteiger partial charge in [0.1, 0.15) is 11.4 Å². The number of anilines is 1. The van der Waals surface area contributed by atoms with Gasteiger partial charge in [0.15, 0.2) is 0 Å². The first kappa shape index (κ1) is 27.4. The minimum atomic E-state index is -3.71. The Hall–Kier alpha value is -3.60. The summed E-state index contributed by atoms with van der Waals surface area (Å²) in [5, 5.41) is 4.21. The molecule has 0 bridgehead atoms. The largest absolute Gasteiger partial charge is 0.439 e. The molecule has 200 valence electrons. The van der Waals surface area contributed by atoms with Crippen molar-refractivity contribution >= 4 is 44.9 Å². The van der Waals surface area contributed by atoms with E-state index in [4.69, 9.17) is 4.74 Å². The van der Waals surface area contributed by atoms with Crippen molar-refractivity contribution in [2.45, 2.75) is 11.8 Å². The number of piperazine rings is 1. The van der Waals surface area contributed by atoms with Crippen LogP contribution in [0.3, 0.4) is 0 Å². The van der Waals surface area contributed by atoms with Crippen LogP contribution in [0, 0.1) is 6.92 Å². The number of aromatic nitrogens is 2. The highest BCUT2D eigenvalue weighted by Gasteiger charge is 2.23. The summed E-state index contributed by atoms with van der Waals surface area (Å²) in [6, 6.07) is 17.5. The van der Waals surface area contributed by atoms with E-state index in [2.05, 4.69) is 10.3 Å². The molecule has 4 aromatic rings. The maximum Gasteiger partial charge on any atom is 0.270 e. The molecule has 38 heavy (non-hydrogen) atoms. The lowest BCUT2D eigenvalue weighted by Crippen LogP contribution is -2.46. The lowest BCUT2D eigenvalue weighted by molar-refractivity contribution is 0.0726. The molecule has 2 aromatic heterocycles. The van der Waals surface area contributed by atoms with Crippen LogP contribution in [-0.4, -0.2) is 62.0 Å². The van der Waals surface area contributed by atoms with E-state index >= 15 is 0 Å². The van der Waals surface area contributed by atoms with Crippen LogP contribution in [0.4, 0.5) is 5.69 Å². The number of fused-ring (bicyclic) bond motifs is 1. The van der Waals surface area contributed by atoms with Gasteiger partial charge in [-0.2, -0.15) is 0 Å². The molecule has 3 heterocycles. The van der Waals surface area contributed by atoms with E-state index in [1.54, 1.807) is 36.4 Å². The fraction of sp³-hybridized carbons (Fsp3) is 0.259. The van der Waals surface area contributed by atoms with Gasteiger partial charge in [-0.3, -0.25) is 9.10 Å². The zero-order valence-corrected chi connectivity index (χ0v) is 23.1. The van der Waals surface area contributed by atoms with Crippen molar-refractivity contribution in [1.82, 2.24) is 19.8 Å². The summed E-state index contributed by atoms with van der Waals surface area (Å²) >= 11 is 0. The van der Waals surface area contributed by atoms with E-state index in [1.807, 2.05) is 47.7 Å². The molecular weight excluding hydrogens is 526 g/mol. The number of aryl methyl sites for hydroxylation is 2. The predicted octanol–water partition coefficient (Wildman–Crippen LogP) is 3.97. The third-order valence-corrected chi connectivity index (χ3v) is 8.43. The van der Waals surface area contributed by atoms with Crippen LogP contribution in [0.5, 0.6) is 11.6 Å². The topological polar surface area (TPSA) is 96.8 Å². The van der Waals surface area contributed by atoms with Crippen molar-refractivity contribution in [3.8, 4) is 11.6 Å². The first-order valence-corrected chi connectivity index (χ1v) is 13.5. The van der Waals surface area contributed by atoms with Gasteiger partial charge in [0.25, 0.3) is 15.9 Å². The third kappa shape index (κ3) is 5.33. The molecule has 0 spiro atoms. The van der Waals surface area contributed by atoms with Gasteiger partial charge in [-0.1, -0.05) is 17.7 Å². The number of nitrogens with zero attached hydrogens (tertiary/aromatic N) is 4. The van der Waals surface area contributed by atoms with Gasteiger partial charge >= 0.3 is 0 Å². The van der Waals surface area contributed by atoms with Crippen molar-refractivity contribution in [3.05, 3.63) is 78.1 Å². The Bertz CT molecular complexity index is 1550. The normalized spacial score (nSPS) is 13.7. The summed E-state index contributed by atoms with van der Waals surface area (Å²) in [6.07, 6.45) is 1.46. The SMILES string of the molecule is Cc1ccc(S(=O)(=O)N(C)c2ccc(Oc3ccc4cc(C(=O)N5CCNCC5)n(C)c4c3)nc2)cc1.Cl. The molecule has 1 aliphatic heterocycles. The monoisotopic (exact) mass is 555 g/mol. The number of ether oxygens (including phenoxy) is 1. The maximum atomic E-state index is 13.0. The lowest BCUT2D eigenvalue weighted by atomic mass is 10.2. The highest BCUT2D eigenvalue weighted by Crippen LogP contribution is 2.29. The average Bonchev–Trinajstić information content (AvgIpc) is 3.24. The number of benzene rings is 2. The number of halogens is 1. The standard InChI is InChI=1S/C27H29N5O4S.ClH/c1-19-4-9-23(10-5-19)37(34,35)31(3)21-7-11-26(29-18-21)36-22-8-6-20-16-25(30(2)24(20)17-22)27(33)32-14-12-28-13-15-32;/h4-11,16-18,28H,12-15H2,1-3H3;1H. The van der Waals surface area contributed by atoms with Crippen LogP contribution in [0.1, 0.15) is 16.1 Å². The van der Waals surface area contributed by atoms with E-state index in [-0.39, 0.29) is 23.2 Å². The third-order valence-electron chi connectivity index (χ3n) is 6.63. The zero-order valence-electron chi connectivity index (χ0n) is 21.4. The van der Waals surface area contributed by atoms with Crippen LogP contribution < -0.4 is 14.4 Å². The molecule has 2 aromatic carbocycles. The summed E-state index contributed by atoms with van der Waals surface area (Å²) in [7, 11) is -0.338. The van der Waals surface area contributed by atoms with Crippen LogP contribution >= 0.6 is 12.4 Å². The van der Waals surface area contributed by atoms with E-state index < -0.39 is 10.0 Å². The summed E-state index contributed by atoms with van der Waals surface area (Å²) in [5.74, 6) is 0.913. The molecule has 0 radical (unpaired) electrons. The van der Waals surface area contributed by atoms with Gasteiger partial charge in [0.2, 0.25) is 5.88 Å². The molecule has 5 rings (SSSR count). The van der Waals surface area contributed by atoms with Gasteiger partial charge in [-0.15, -0.1) is 12.4 Å². The van der Waals surface area contributed by atoms with E-state index in [1.165, 1.54) is 17.5 Å². The number of pyridine rings is 1. The number of hydrogen-bond donors (Lipinski definition) is 1. The molecule has 0 unspecified atom stereocenters. The van der Waals surface area contributed by atoms with Crippen molar-refractivity contribution in [2.75, 3.05) is 37.5 Å². The van der Waals surface area contributed by atoms with E-state index in [9.17, 15) is 13.2 Å². The minimum absolute atomic E-state index is 0. The summed E-state index contributed by atoms with van der Waals surface area (Å²) in [6.45, 7) is 4.89. The molecular formula is C27H30ClN5O4S. The molecule has 11 heteroatoms. The van der Waals surface area contributed by atoms with Crippen LogP contribution in [0.2, 0.25) is 0 Å². The Morgan fingerprint density at radius 3 is 2.39 bits per heavy atom. The maximum absolute atomic E-state index is 13.0. The quantitative estimate of drug-likeness (QED) is 0.387. The van der Waals surface area contributed by atoms with Crippen molar-refractivity contribution in [1.29, 1.82) is 0 Å². The van der Waals surface area contributed by atoms with Crippen LogP contribution in [0.15, 0.2) is 71.8 Å². The Labute approximate surface area is 228 Å². The molecule has 1 saturated heterocycles. The molecule has 1 fully saturated rings. The fourth-order valence-corrected chi connectivity index (χ4v) is 5.54. The average molecular weight is 556 g/mol. The molecule has 0 aliphatic carbocycles. The van der Waals surface area contributed by atoms with Gasteiger partial charge in [-0.25, -0.2) is 13.4 Å². The summed E-state index contributed by atoms with van der Waals surface area (Å²) in [5.41, 5.74) is 2.91. The fourth-order valence-electron chi connectivity index (χ4n) is 4.36. The van der Waals surface area contributed by atoms with E-state index in [0.29, 0.717) is 36.1 Å². The molecule has 1 aliphatic rings. The van der Waals surface area contributed by atoms with E-state index in [0.717, 1.165) is 29.6 Å². The minimum Gasteiger partial charge on any atom is -0.439 e. The van der Waals surface area contributed by atoms with Gasteiger partial charge in [0.05, 0.1) is 22.3 Å². The Balaban J connectivity index is 0.00000336. The molecule has 1 N–H and O–H groups in total. The number of hydrogen-bond acceptors (Lipinski definition) is 6. The van der Waals surface area contributed by atoms with Crippen molar-refractivity contribution in [2.24, 2.45) is 7.05 Å². The first-order chi connectivity index (χ1) is 17.7. The van der Waals surface area contributed by atoms with Crippen molar-refractivity contribution < 1.29 is 17.9 Å². The highest BCUT2D eigenvalue weighted by atomic mass is 35.5. The number of nitrogens with one attached hydrogen (secondary N) is 1. The predicted molar refractivity (Wildman–Crippen MR) is 150 cm³/mol. The number of rotatable bonds is 6. The smallest absolute Gasteiger partial charge is 0.270 e. The van der Waals surface area contributed by atoms with Crippen LogP contribution in [0.25, 0.3) is 10.9 Å². The number of carbonyl (C=O) groups is 1. The zero-order chi connectivity index (χ0) is 26.2. The molecule has 1 amide bonds. The number of carbonyl (C=O) groups excluding carboxylic acids is 1. The van der Waals surface area contributed by atoms with Crippen molar-refractivity contribution in [3.63, 3.8) is 0 Å². The van der Waals surface area contributed by atoms with Gasteiger partial charge in [-0.05, 0) is 43.3 Å². The second kappa shape index (κ2) is 11.0. The molecule has 0 atom stereocenters. The summed E-state index contributed by atoms with van der Waals surface area (Å²) in [4.78, 5) is 19.4. The Morgan fingerprint density at radius 2 is 1.74 bits per heavy atom. The lowest BCUT2D eigenvalue weighted by Gasteiger charge is -2.27. The second-order valence-corrected chi connectivity index (χ2v) is 11.1. The molecule has 0 saturated carbocycles. The van der Waals surface area contributed by atoms with Gasteiger partial charge < -0.3 is 19.5 Å². The summed E-state index contributed by atoms with van der Waals surface area (Å²) < 4.78 is 35.0. The number of amides is 1. The molecule has 9 nitrogen and oxygen atoms in total. The second-order valence-electron chi connectivity index (χ2n) is 9.09. The van der Waals surface area contributed by atoms with Crippen LogP contribution in [-0.2, 0) is 17.1 Å². The Morgan fingerprint density at radius 1 is 1.03 bits per heavy atom. The Kier molecular flexibility index (Phi) is 7.96. The first-order valence-electron chi connectivity index (χ1n) is 12.0.